The zero-order valence-electron chi connectivity index (χ0n) is 24.4. The predicted octanol–water partition coefficient (Wildman–Crippen LogP) is 3.24. The van der Waals surface area contributed by atoms with E-state index in [1.54, 1.807) is 16.7 Å². The summed E-state index contributed by atoms with van der Waals surface area (Å²) in [5.74, 6) is -1.42. The maximum atomic E-state index is 13.3. The van der Waals surface area contributed by atoms with Crippen LogP contribution in [0.4, 0.5) is 10.5 Å². The highest BCUT2D eigenvalue weighted by molar-refractivity contribution is 5.99. The molecule has 0 aliphatic carbocycles. The quantitative estimate of drug-likeness (QED) is 0.491. The van der Waals surface area contributed by atoms with Gasteiger partial charge < -0.3 is 29.5 Å². The molecule has 0 radical (unpaired) electrons. The molecule has 0 spiro atoms. The van der Waals surface area contributed by atoms with Crippen LogP contribution < -0.4 is 10.2 Å². The van der Waals surface area contributed by atoms with Crippen molar-refractivity contribution >= 4 is 29.6 Å². The molecule has 10 nitrogen and oxygen atoms in total. The lowest BCUT2D eigenvalue weighted by Gasteiger charge is -2.37. The first-order chi connectivity index (χ1) is 19.5. The number of fused-ring (bicyclic) bond motifs is 1. The molecule has 2 aliphatic rings. The minimum absolute atomic E-state index is 0.0805. The summed E-state index contributed by atoms with van der Waals surface area (Å²) in [7, 11) is 0. The third-order valence-electron chi connectivity index (χ3n) is 7.12. The number of carbonyl (C=O) groups excluding carboxylic acids is 4. The summed E-state index contributed by atoms with van der Waals surface area (Å²) in [6.07, 6.45) is 0.341. The first kappa shape index (κ1) is 29.9. The number of hydrogen-bond donors (Lipinski definition) is 1. The SMILES string of the molecule is C[C@H](CNC(=O)CN1CCc2ccc(N3CCN(C(=O)OC(C)(C)C)CC3)cc2C1=O)C(=O)OCc1ccccc1. The summed E-state index contributed by atoms with van der Waals surface area (Å²) < 4.78 is 10.8. The van der Waals surface area contributed by atoms with Crippen LogP contribution in [0.2, 0.25) is 0 Å². The van der Waals surface area contributed by atoms with E-state index < -0.39 is 17.5 Å². The minimum Gasteiger partial charge on any atom is -0.461 e. The van der Waals surface area contributed by atoms with E-state index in [-0.39, 0.29) is 37.6 Å². The topological polar surface area (TPSA) is 108 Å². The van der Waals surface area contributed by atoms with Crippen molar-refractivity contribution in [2.24, 2.45) is 5.92 Å². The van der Waals surface area contributed by atoms with Gasteiger partial charge in [-0.2, -0.15) is 0 Å². The number of ether oxygens (including phenoxy) is 2. The Labute approximate surface area is 241 Å². The average Bonchev–Trinajstić information content (AvgIpc) is 2.95. The van der Waals surface area contributed by atoms with E-state index in [1.165, 1.54) is 0 Å². The summed E-state index contributed by atoms with van der Waals surface area (Å²) in [6.45, 7) is 10.2. The molecule has 2 aliphatic heterocycles. The van der Waals surface area contributed by atoms with Crippen molar-refractivity contribution in [2.45, 2.75) is 46.3 Å². The molecule has 0 unspecified atom stereocenters. The average molecular weight is 565 g/mol. The molecule has 1 N–H and O–H groups in total. The molecule has 2 aromatic carbocycles. The van der Waals surface area contributed by atoms with Crippen molar-refractivity contribution in [2.75, 3.05) is 50.7 Å². The first-order valence-corrected chi connectivity index (χ1v) is 14.1. The Hall–Kier alpha value is -4.08. The second-order valence-electron chi connectivity index (χ2n) is 11.6. The van der Waals surface area contributed by atoms with Crippen LogP contribution in [0.3, 0.4) is 0 Å². The van der Waals surface area contributed by atoms with Gasteiger partial charge in [-0.25, -0.2) is 4.79 Å². The number of rotatable bonds is 8. The Morgan fingerprint density at radius 3 is 2.37 bits per heavy atom. The molecule has 2 heterocycles. The summed E-state index contributed by atoms with van der Waals surface area (Å²) in [5.41, 5.74) is 2.82. The standard InChI is InChI=1S/C31H40N4O6/c1-22(29(38)40-21-23-8-6-5-7-9-23)19-32-27(36)20-35-13-12-24-10-11-25(18-26(24)28(35)37)33-14-16-34(17-15-33)30(39)41-31(2,3)4/h5-11,18,22H,12-17,19-21H2,1-4H3,(H,32,36)/t22-/m1/s1. The Kier molecular flexibility index (Phi) is 9.52. The van der Waals surface area contributed by atoms with Crippen LogP contribution in [-0.4, -0.2) is 85.1 Å². The van der Waals surface area contributed by atoms with Gasteiger partial charge in [0.25, 0.3) is 5.91 Å². The van der Waals surface area contributed by atoms with Gasteiger partial charge in [0, 0.05) is 50.5 Å². The number of nitrogens with one attached hydrogen (secondary N) is 1. The van der Waals surface area contributed by atoms with E-state index in [1.807, 2.05) is 69.3 Å². The maximum Gasteiger partial charge on any atom is 0.410 e. The van der Waals surface area contributed by atoms with Crippen molar-refractivity contribution in [3.8, 4) is 0 Å². The molecule has 3 amide bonds. The highest BCUT2D eigenvalue weighted by Gasteiger charge is 2.29. The van der Waals surface area contributed by atoms with Gasteiger partial charge in [0.2, 0.25) is 5.91 Å². The molecule has 1 atom stereocenters. The van der Waals surface area contributed by atoms with E-state index in [2.05, 4.69) is 10.2 Å². The number of piperazine rings is 1. The summed E-state index contributed by atoms with van der Waals surface area (Å²) in [6, 6.07) is 15.3. The number of carbonyl (C=O) groups is 4. The minimum atomic E-state index is -0.539. The fourth-order valence-corrected chi connectivity index (χ4v) is 4.78. The second kappa shape index (κ2) is 13.1. The molecule has 220 valence electrons. The van der Waals surface area contributed by atoms with Gasteiger partial charge >= 0.3 is 12.1 Å². The van der Waals surface area contributed by atoms with Gasteiger partial charge in [0.05, 0.1) is 12.5 Å². The highest BCUT2D eigenvalue weighted by Crippen LogP contribution is 2.26. The number of amides is 3. The Morgan fingerprint density at radius 1 is 0.976 bits per heavy atom. The Bertz CT molecular complexity index is 1250. The molecule has 2 aromatic rings. The number of esters is 1. The summed E-state index contributed by atoms with van der Waals surface area (Å²) >= 11 is 0. The molecule has 1 saturated heterocycles. The lowest BCUT2D eigenvalue weighted by atomic mass is 9.97. The lowest BCUT2D eigenvalue weighted by Crippen LogP contribution is -2.50. The second-order valence-corrected chi connectivity index (χ2v) is 11.6. The maximum absolute atomic E-state index is 13.3. The van der Waals surface area contributed by atoms with E-state index in [4.69, 9.17) is 9.47 Å². The van der Waals surface area contributed by atoms with Crippen molar-refractivity contribution in [3.05, 3.63) is 65.2 Å². The van der Waals surface area contributed by atoms with E-state index in [0.717, 1.165) is 16.8 Å². The molecule has 0 saturated carbocycles. The van der Waals surface area contributed by atoms with E-state index >= 15 is 0 Å². The molecule has 4 rings (SSSR count). The van der Waals surface area contributed by atoms with E-state index in [0.29, 0.717) is 44.7 Å². The first-order valence-electron chi connectivity index (χ1n) is 14.1. The van der Waals surface area contributed by atoms with Gasteiger partial charge in [0.1, 0.15) is 12.2 Å². The monoisotopic (exact) mass is 564 g/mol. The molecule has 0 bridgehead atoms. The zero-order chi connectivity index (χ0) is 29.6. The van der Waals surface area contributed by atoms with Crippen molar-refractivity contribution in [1.29, 1.82) is 0 Å². The van der Waals surface area contributed by atoms with E-state index in [9.17, 15) is 19.2 Å². The largest absolute Gasteiger partial charge is 0.461 e. The Morgan fingerprint density at radius 2 is 1.68 bits per heavy atom. The van der Waals surface area contributed by atoms with Crippen LogP contribution in [0.1, 0.15) is 49.2 Å². The van der Waals surface area contributed by atoms with Crippen LogP contribution in [0.5, 0.6) is 0 Å². The third kappa shape index (κ3) is 8.22. The number of nitrogens with zero attached hydrogens (tertiary/aromatic N) is 3. The van der Waals surface area contributed by atoms with Crippen molar-refractivity contribution in [1.82, 2.24) is 15.1 Å². The van der Waals surface area contributed by atoms with Gasteiger partial charge in [-0.3, -0.25) is 14.4 Å². The highest BCUT2D eigenvalue weighted by atomic mass is 16.6. The lowest BCUT2D eigenvalue weighted by molar-refractivity contribution is -0.149. The fraction of sp³-hybridized carbons (Fsp3) is 0.484. The Balaban J connectivity index is 1.26. The van der Waals surface area contributed by atoms with Crippen LogP contribution >= 0.6 is 0 Å². The fourth-order valence-electron chi connectivity index (χ4n) is 4.78. The zero-order valence-corrected chi connectivity index (χ0v) is 24.4. The number of hydrogen-bond acceptors (Lipinski definition) is 7. The molecule has 10 heteroatoms. The number of anilines is 1. The van der Waals surface area contributed by atoms with Gasteiger partial charge in [0.15, 0.2) is 0 Å². The molecule has 0 aromatic heterocycles. The normalized spacial score (nSPS) is 16.1. The molecule has 41 heavy (non-hydrogen) atoms. The third-order valence-corrected chi connectivity index (χ3v) is 7.12. The molecular weight excluding hydrogens is 524 g/mol. The summed E-state index contributed by atoms with van der Waals surface area (Å²) in [4.78, 5) is 56.1. The van der Waals surface area contributed by atoms with Crippen LogP contribution in [0.25, 0.3) is 0 Å². The van der Waals surface area contributed by atoms with Crippen LogP contribution in [0, 0.1) is 5.92 Å². The van der Waals surface area contributed by atoms with Crippen LogP contribution in [0.15, 0.2) is 48.5 Å². The predicted molar refractivity (Wildman–Crippen MR) is 154 cm³/mol. The van der Waals surface area contributed by atoms with Gasteiger partial charge in [-0.1, -0.05) is 43.3 Å². The van der Waals surface area contributed by atoms with Crippen molar-refractivity contribution < 1.29 is 28.7 Å². The van der Waals surface area contributed by atoms with Crippen molar-refractivity contribution in [3.63, 3.8) is 0 Å². The van der Waals surface area contributed by atoms with Crippen LogP contribution in [-0.2, 0) is 32.1 Å². The summed E-state index contributed by atoms with van der Waals surface area (Å²) in [5, 5.41) is 2.76. The molecule has 1 fully saturated rings. The number of benzene rings is 2. The van der Waals surface area contributed by atoms with Gasteiger partial charge in [-0.15, -0.1) is 0 Å². The molecular formula is C31H40N4O6. The smallest absolute Gasteiger partial charge is 0.410 e. The van der Waals surface area contributed by atoms with Gasteiger partial charge in [-0.05, 0) is 50.5 Å².